The molecule has 1 aromatic heterocycles. The molecule has 4 nitrogen and oxygen atoms in total. The van der Waals surface area contributed by atoms with E-state index in [2.05, 4.69) is 22.4 Å². The first-order chi connectivity index (χ1) is 9.20. The molecule has 0 spiro atoms. The zero-order chi connectivity index (χ0) is 13.7. The Labute approximate surface area is 112 Å². The van der Waals surface area contributed by atoms with E-state index >= 15 is 0 Å². The summed E-state index contributed by atoms with van der Waals surface area (Å²) in [5, 5.41) is 11.3. The maximum Gasteiger partial charge on any atom is 0.248 e. The van der Waals surface area contributed by atoms with E-state index in [1.54, 1.807) is 6.07 Å². The topological polar surface area (TPSA) is 51.0 Å². The molecule has 0 aliphatic rings. The van der Waals surface area contributed by atoms with Crippen LogP contribution in [0.2, 0.25) is 0 Å². The molecule has 102 valence electrons. The molecule has 1 heterocycles. The maximum absolute atomic E-state index is 13.0. The van der Waals surface area contributed by atoms with Gasteiger partial charge < -0.3 is 9.73 Å². The fourth-order valence-corrected chi connectivity index (χ4v) is 1.83. The Kier molecular flexibility index (Phi) is 4.63. The van der Waals surface area contributed by atoms with E-state index in [0.29, 0.717) is 18.2 Å². The van der Waals surface area contributed by atoms with Crippen LogP contribution >= 0.6 is 0 Å². The highest BCUT2D eigenvalue weighted by Crippen LogP contribution is 2.22. The molecular weight excluding hydrogens is 245 g/mol. The van der Waals surface area contributed by atoms with Crippen LogP contribution in [-0.4, -0.2) is 23.3 Å². The van der Waals surface area contributed by atoms with Crippen molar-refractivity contribution in [2.45, 2.75) is 26.7 Å². The van der Waals surface area contributed by atoms with Gasteiger partial charge in [-0.15, -0.1) is 10.2 Å². The Hall–Kier alpha value is -1.75. The molecule has 0 fully saturated rings. The molecule has 0 amide bonds. The number of nitrogens with one attached hydrogen (secondary N) is 1. The Morgan fingerprint density at radius 1 is 1.26 bits per heavy atom. The Balaban J connectivity index is 2.04. The van der Waals surface area contributed by atoms with E-state index in [1.807, 2.05) is 6.92 Å². The minimum absolute atomic E-state index is 0.259. The predicted molar refractivity (Wildman–Crippen MR) is 71.3 cm³/mol. The average molecular weight is 263 g/mol. The fraction of sp³-hybridized carbons (Fsp3) is 0.429. The van der Waals surface area contributed by atoms with E-state index in [0.717, 1.165) is 30.6 Å². The molecule has 0 atom stereocenters. The van der Waals surface area contributed by atoms with Gasteiger partial charge in [-0.2, -0.15) is 0 Å². The largest absolute Gasteiger partial charge is 0.421 e. The van der Waals surface area contributed by atoms with Crippen LogP contribution in [0.5, 0.6) is 0 Å². The van der Waals surface area contributed by atoms with Gasteiger partial charge in [0.05, 0.1) is 0 Å². The van der Waals surface area contributed by atoms with E-state index in [1.165, 1.54) is 12.1 Å². The van der Waals surface area contributed by atoms with Gasteiger partial charge in [0.15, 0.2) is 0 Å². The first kappa shape index (κ1) is 13.7. The first-order valence-electron chi connectivity index (χ1n) is 6.50. The molecule has 0 aliphatic carbocycles. The van der Waals surface area contributed by atoms with Crippen molar-refractivity contribution in [3.63, 3.8) is 0 Å². The summed E-state index contributed by atoms with van der Waals surface area (Å²) in [4.78, 5) is 0. The molecule has 5 heteroatoms. The van der Waals surface area contributed by atoms with Crippen LogP contribution in [0.15, 0.2) is 22.6 Å². The van der Waals surface area contributed by atoms with Crippen LogP contribution in [0.1, 0.15) is 24.8 Å². The van der Waals surface area contributed by atoms with Gasteiger partial charge >= 0.3 is 0 Å². The van der Waals surface area contributed by atoms with Gasteiger partial charge in [0.2, 0.25) is 11.8 Å². The summed E-state index contributed by atoms with van der Waals surface area (Å²) < 4.78 is 18.6. The number of nitrogens with zero attached hydrogens (tertiary/aromatic N) is 2. The number of hydrogen-bond donors (Lipinski definition) is 1. The van der Waals surface area contributed by atoms with Crippen LogP contribution in [0, 0.1) is 12.7 Å². The summed E-state index contributed by atoms with van der Waals surface area (Å²) in [5.74, 6) is 0.787. The van der Waals surface area contributed by atoms with Gasteiger partial charge in [-0.25, -0.2) is 4.39 Å². The second kappa shape index (κ2) is 6.43. The molecule has 2 aromatic rings. The third-order valence-electron chi connectivity index (χ3n) is 2.83. The molecule has 19 heavy (non-hydrogen) atoms. The lowest BCUT2D eigenvalue weighted by molar-refractivity contribution is 0.494. The average Bonchev–Trinajstić information content (AvgIpc) is 2.83. The Morgan fingerprint density at radius 3 is 2.84 bits per heavy atom. The second-order valence-corrected chi connectivity index (χ2v) is 4.46. The normalized spacial score (nSPS) is 10.9. The smallest absolute Gasteiger partial charge is 0.248 e. The predicted octanol–water partition coefficient (Wildman–Crippen LogP) is 2.73. The second-order valence-electron chi connectivity index (χ2n) is 4.46. The SMILES string of the molecule is CCCNCCc1nnc(-c2ccc(F)cc2C)o1. The number of aromatic nitrogens is 2. The zero-order valence-corrected chi connectivity index (χ0v) is 11.2. The highest BCUT2D eigenvalue weighted by Gasteiger charge is 2.11. The summed E-state index contributed by atoms with van der Waals surface area (Å²) in [7, 11) is 0. The maximum atomic E-state index is 13.0. The van der Waals surface area contributed by atoms with Gasteiger partial charge in [0.1, 0.15) is 5.82 Å². The van der Waals surface area contributed by atoms with Gasteiger partial charge in [-0.3, -0.25) is 0 Å². The van der Waals surface area contributed by atoms with Gasteiger partial charge in [0.25, 0.3) is 0 Å². The van der Waals surface area contributed by atoms with Crippen molar-refractivity contribution in [2.24, 2.45) is 0 Å². The van der Waals surface area contributed by atoms with Gasteiger partial charge in [-0.1, -0.05) is 6.92 Å². The number of benzene rings is 1. The lowest BCUT2D eigenvalue weighted by Gasteiger charge is -2.00. The number of rotatable bonds is 6. The number of hydrogen-bond acceptors (Lipinski definition) is 4. The lowest BCUT2D eigenvalue weighted by Crippen LogP contribution is -2.17. The van der Waals surface area contributed by atoms with Crippen molar-refractivity contribution in [3.8, 4) is 11.5 Å². The van der Waals surface area contributed by atoms with Crippen LogP contribution in [0.4, 0.5) is 4.39 Å². The summed E-state index contributed by atoms with van der Waals surface area (Å²) in [6.07, 6.45) is 1.80. The Morgan fingerprint density at radius 2 is 2.11 bits per heavy atom. The first-order valence-corrected chi connectivity index (χ1v) is 6.50. The third kappa shape index (κ3) is 3.61. The minimum Gasteiger partial charge on any atom is -0.421 e. The highest BCUT2D eigenvalue weighted by molar-refractivity contribution is 5.57. The fourth-order valence-electron chi connectivity index (χ4n) is 1.83. The summed E-state index contributed by atoms with van der Waals surface area (Å²) >= 11 is 0. The molecular formula is C14H18FN3O. The van der Waals surface area contributed by atoms with Crippen LogP contribution in [0.25, 0.3) is 11.5 Å². The molecule has 1 N–H and O–H groups in total. The molecule has 0 radical (unpaired) electrons. The monoisotopic (exact) mass is 263 g/mol. The molecule has 0 saturated carbocycles. The van der Waals surface area contributed by atoms with Crippen molar-refractivity contribution in [3.05, 3.63) is 35.5 Å². The van der Waals surface area contributed by atoms with E-state index < -0.39 is 0 Å². The van der Waals surface area contributed by atoms with Gasteiger partial charge in [0, 0.05) is 18.5 Å². The zero-order valence-electron chi connectivity index (χ0n) is 11.2. The quantitative estimate of drug-likeness (QED) is 0.814. The number of halogens is 1. The van der Waals surface area contributed by atoms with Crippen molar-refractivity contribution < 1.29 is 8.81 Å². The van der Waals surface area contributed by atoms with Crippen LogP contribution in [-0.2, 0) is 6.42 Å². The summed E-state index contributed by atoms with van der Waals surface area (Å²) in [5.41, 5.74) is 1.57. The van der Waals surface area contributed by atoms with E-state index in [-0.39, 0.29) is 5.82 Å². The standard InChI is InChI=1S/C14H18FN3O/c1-3-7-16-8-6-13-17-18-14(19-13)12-5-4-11(15)9-10(12)2/h4-5,9,16H,3,6-8H2,1-2H3. The molecule has 0 aliphatic heterocycles. The van der Waals surface area contributed by atoms with Crippen molar-refractivity contribution in [1.82, 2.24) is 15.5 Å². The molecule has 0 bridgehead atoms. The molecule has 2 rings (SSSR count). The van der Waals surface area contributed by atoms with Crippen molar-refractivity contribution in [2.75, 3.05) is 13.1 Å². The van der Waals surface area contributed by atoms with E-state index in [4.69, 9.17) is 4.42 Å². The van der Waals surface area contributed by atoms with Gasteiger partial charge in [-0.05, 0) is 43.7 Å². The van der Waals surface area contributed by atoms with Crippen LogP contribution < -0.4 is 5.32 Å². The van der Waals surface area contributed by atoms with Crippen molar-refractivity contribution >= 4 is 0 Å². The minimum atomic E-state index is -0.259. The van der Waals surface area contributed by atoms with Crippen molar-refractivity contribution in [1.29, 1.82) is 0 Å². The summed E-state index contributed by atoms with van der Waals surface area (Å²) in [6, 6.07) is 4.52. The van der Waals surface area contributed by atoms with E-state index in [9.17, 15) is 4.39 Å². The summed E-state index contributed by atoms with van der Waals surface area (Å²) in [6.45, 7) is 5.75. The Bertz CT molecular complexity index is 539. The third-order valence-corrected chi connectivity index (χ3v) is 2.83. The molecule has 1 aromatic carbocycles. The molecule has 0 unspecified atom stereocenters. The number of aryl methyl sites for hydroxylation is 1. The molecule has 0 saturated heterocycles. The lowest BCUT2D eigenvalue weighted by atomic mass is 10.1. The highest BCUT2D eigenvalue weighted by atomic mass is 19.1. The van der Waals surface area contributed by atoms with Crippen LogP contribution in [0.3, 0.4) is 0 Å².